The highest BCUT2D eigenvalue weighted by Gasteiger charge is 2.23. The normalized spacial score (nSPS) is 17.2. The lowest BCUT2D eigenvalue weighted by molar-refractivity contribution is 0.180. The van der Waals surface area contributed by atoms with Gasteiger partial charge in [-0.1, -0.05) is 29.4 Å². The third-order valence-electron chi connectivity index (χ3n) is 4.48. The number of hydrogen-bond acceptors (Lipinski definition) is 6. The first-order valence-corrected chi connectivity index (χ1v) is 10.2. The van der Waals surface area contributed by atoms with Crippen LogP contribution >= 0.6 is 0 Å². The molecule has 1 saturated heterocycles. The van der Waals surface area contributed by atoms with Crippen LogP contribution in [0.25, 0.3) is 0 Å². The lowest BCUT2D eigenvalue weighted by Crippen LogP contribution is -2.32. The van der Waals surface area contributed by atoms with Gasteiger partial charge in [-0.15, -0.1) is 0 Å². The number of aryl methyl sites for hydroxylation is 1. The molecule has 0 amide bonds. The minimum absolute atomic E-state index is 0.175. The third-order valence-corrected chi connectivity index (χ3v) is 5.26. The predicted octanol–water partition coefficient (Wildman–Crippen LogP) is 2.30. The molecule has 0 N–H and O–H groups in total. The highest BCUT2D eigenvalue weighted by molar-refractivity contribution is 7.89. The summed E-state index contributed by atoms with van der Waals surface area (Å²) in [4.78, 5) is 6.47. The van der Waals surface area contributed by atoms with E-state index < -0.39 is 9.84 Å². The number of piperidine rings is 1. The fourth-order valence-electron chi connectivity index (χ4n) is 3.29. The van der Waals surface area contributed by atoms with Crippen molar-refractivity contribution in [2.24, 2.45) is 0 Å². The van der Waals surface area contributed by atoms with E-state index in [0.29, 0.717) is 18.4 Å². The van der Waals surface area contributed by atoms with Gasteiger partial charge < -0.3 is 4.52 Å². The first-order valence-electron chi connectivity index (χ1n) is 8.18. The van der Waals surface area contributed by atoms with Crippen molar-refractivity contribution in [3.05, 3.63) is 47.1 Å². The van der Waals surface area contributed by atoms with Crippen LogP contribution < -0.4 is 0 Å². The molecule has 2 aromatic rings. The van der Waals surface area contributed by atoms with Crippen LogP contribution in [0, 0.1) is 6.92 Å². The molecule has 1 aliphatic heterocycles. The van der Waals surface area contributed by atoms with E-state index in [0.717, 1.165) is 25.9 Å². The van der Waals surface area contributed by atoms with Gasteiger partial charge >= 0.3 is 0 Å². The zero-order valence-corrected chi connectivity index (χ0v) is 14.9. The Labute approximate surface area is 142 Å². The quantitative estimate of drug-likeness (QED) is 0.824. The summed E-state index contributed by atoms with van der Waals surface area (Å²) in [5.41, 5.74) is 2.81. The van der Waals surface area contributed by atoms with Crippen LogP contribution in [0.1, 0.15) is 41.6 Å². The van der Waals surface area contributed by atoms with Crippen molar-refractivity contribution in [2.45, 2.75) is 38.0 Å². The second-order valence-corrected chi connectivity index (χ2v) is 8.72. The largest absolute Gasteiger partial charge is 0.338 e. The number of sulfone groups is 1. The number of aromatic nitrogens is 2. The average Bonchev–Trinajstić information content (AvgIpc) is 2.94. The van der Waals surface area contributed by atoms with E-state index >= 15 is 0 Å². The first kappa shape index (κ1) is 17.1. The maximum Gasteiger partial charge on any atom is 0.240 e. The average molecular weight is 349 g/mol. The van der Waals surface area contributed by atoms with Crippen LogP contribution in [0.4, 0.5) is 0 Å². The van der Waals surface area contributed by atoms with Gasteiger partial charge in [0.2, 0.25) is 5.89 Å². The Morgan fingerprint density at radius 1 is 1.25 bits per heavy atom. The Kier molecular flexibility index (Phi) is 5.01. The van der Waals surface area contributed by atoms with Crippen LogP contribution in [0.3, 0.4) is 0 Å². The minimum atomic E-state index is -3.14. The topological polar surface area (TPSA) is 76.3 Å². The lowest BCUT2D eigenvalue weighted by Gasteiger charge is -2.31. The Hall–Kier alpha value is -1.73. The lowest BCUT2D eigenvalue weighted by atomic mass is 9.87. The van der Waals surface area contributed by atoms with Crippen molar-refractivity contribution >= 4 is 9.84 Å². The summed E-state index contributed by atoms with van der Waals surface area (Å²) < 4.78 is 27.7. The van der Waals surface area contributed by atoms with Crippen LogP contribution in [0.5, 0.6) is 0 Å². The molecule has 0 atom stereocenters. The molecular formula is C17H23N3O3S. The van der Waals surface area contributed by atoms with Crippen molar-refractivity contribution in [1.82, 2.24) is 15.0 Å². The molecule has 3 rings (SSSR count). The minimum Gasteiger partial charge on any atom is -0.338 e. The van der Waals surface area contributed by atoms with Crippen molar-refractivity contribution in [2.75, 3.05) is 19.3 Å². The SMILES string of the molecule is Cc1ccccc1C1CCN(Cc2nc(CS(C)(=O)=O)no2)CC1. The van der Waals surface area contributed by atoms with Crippen LogP contribution in [0.15, 0.2) is 28.8 Å². The fraction of sp³-hybridized carbons (Fsp3) is 0.529. The molecule has 0 bridgehead atoms. The highest BCUT2D eigenvalue weighted by Crippen LogP contribution is 2.30. The standard InChI is InChI=1S/C17H23N3O3S/c1-13-5-3-4-6-15(13)14-7-9-20(10-8-14)11-17-18-16(19-23-17)12-24(2,21)22/h3-6,14H,7-12H2,1-2H3. The Bertz CT molecular complexity index is 793. The molecule has 0 saturated carbocycles. The molecule has 1 aromatic heterocycles. The van der Waals surface area contributed by atoms with Gasteiger partial charge in [-0.3, -0.25) is 4.90 Å². The summed E-state index contributed by atoms with van der Waals surface area (Å²) in [6.45, 7) is 4.70. The smallest absolute Gasteiger partial charge is 0.240 e. The number of rotatable bonds is 5. The molecule has 2 heterocycles. The summed E-state index contributed by atoms with van der Waals surface area (Å²) in [5, 5.41) is 3.75. The van der Waals surface area contributed by atoms with Crippen molar-refractivity contribution in [1.29, 1.82) is 0 Å². The van der Waals surface area contributed by atoms with Crippen LogP contribution in [0.2, 0.25) is 0 Å². The maximum atomic E-state index is 11.3. The second kappa shape index (κ2) is 7.03. The zero-order chi connectivity index (χ0) is 17.2. The van der Waals surface area contributed by atoms with Crippen LogP contribution in [-0.2, 0) is 22.1 Å². The second-order valence-electron chi connectivity index (χ2n) is 6.58. The van der Waals surface area contributed by atoms with Crippen LogP contribution in [-0.4, -0.2) is 42.8 Å². The number of likely N-dealkylation sites (tertiary alicyclic amines) is 1. The summed E-state index contributed by atoms with van der Waals surface area (Å²) in [5.74, 6) is 1.16. The summed E-state index contributed by atoms with van der Waals surface area (Å²) in [6, 6.07) is 8.59. The first-order chi connectivity index (χ1) is 11.4. The van der Waals surface area contributed by atoms with E-state index in [-0.39, 0.29) is 11.6 Å². The molecule has 1 aliphatic rings. The van der Waals surface area contributed by atoms with Crippen molar-refractivity contribution < 1.29 is 12.9 Å². The van der Waals surface area contributed by atoms with E-state index in [1.54, 1.807) is 0 Å². The molecule has 6 nitrogen and oxygen atoms in total. The predicted molar refractivity (Wildman–Crippen MR) is 91.3 cm³/mol. The molecule has 0 radical (unpaired) electrons. The Balaban J connectivity index is 1.55. The maximum absolute atomic E-state index is 11.3. The van der Waals surface area contributed by atoms with E-state index in [9.17, 15) is 8.42 Å². The monoisotopic (exact) mass is 349 g/mol. The fourth-order valence-corrected chi connectivity index (χ4v) is 3.87. The number of nitrogens with zero attached hydrogens (tertiary/aromatic N) is 3. The molecular weight excluding hydrogens is 326 g/mol. The van der Waals surface area contributed by atoms with E-state index in [1.807, 2.05) is 0 Å². The molecule has 0 spiro atoms. The molecule has 130 valence electrons. The zero-order valence-electron chi connectivity index (χ0n) is 14.1. The summed E-state index contributed by atoms with van der Waals surface area (Å²) >= 11 is 0. The van der Waals surface area contributed by atoms with E-state index in [2.05, 4.69) is 46.2 Å². The van der Waals surface area contributed by atoms with Gasteiger partial charge in [0.15, 0.2) is 15.7 Å². The number of benzene rings is 1. The van der Waals surface area contributed by atoms with Gasteiger partial charge in [0, 0.05) is 6.26 Å². The highest BCUT2D eigenvalue weighted by atomic mass is 32.2. The van der Waals surface area contributed by atoms with Crippen molar-refractivity contribution in [3.63, 3.8) is 0 Å². The Morgan fingerprint density at radius 2 is 1.96 bits per heavy atom. The number of hydrogen-bond donors (Lipinski definition) is 0. The molecule has 1 aromatic carbocycles. The third kappa shape index (κ3) is 4.42. The summed E-state index contributed by atoms with van der Waals surface area (Å²) in [6.07, 6.45) is 3.38. The molecule has 0 unspecified atom stereocenters. The molecule has 24 heavy (non-hydrogen) atoms. The summed E-state index contributed by atoms with van der Waals surface area (Å²) in [7, 11) is -3.14. The molecule has 1 fully saturated rings. The Morgan fingerprint density at radius 3 is 2.62 bits per heavy atom. The van der Waals surface area contributed by atoms with Crippen molar-refractivity contribution in [3.8, 4) is 0 Å². The molecule has 7 heteroatoms. The van der Waals surface area contributed by atoms with Gasteiger partial charge in [-0.2, -0.15) is 4.98 Å². The molecule has 0 aliphatic carbocycles. The van der Waals surface area contributed by atoms with Gasteiger partial charge in [-0.05, 0) is 49.9 Å². The van der Waals surface area contributed by atoms with E-state index in [1.165, 1.54) is 17.4 Å². The van der Waals surface area contributed by atoms with E-state index in [4.69, 9.17) is 4.52 Å². The van der Waals surface area contributed by atoms with Gasteiger partial charge in [-0.25, -0.2) is 8.42 Å². The van der Waals surface area contributed by atoms with Gasteiger partial charge in [0.25, 0.3) is 0 Å². The van der Waals surface area contributed by atoms with Gasteiger partial charge in [0.05, 0.1) is 6.54 Å². The van der Waals surface area contributed by atoms with Gasteiger partial charge in [0.1, 0.15) is 5.75 Å².